The molecule has 3 rings (SSSR count). The Kier molecular flexibility index (Phi) is 7.54. The van der Waals surface area contributed by atoms with Crippen LogP contribution in [0.5, 0.6) is 17.2 Å². The first-order valence-corrected chi connectivity index (χ1v) is 10.0. The van der Waals surface area contributed by atoms with Gasteiger partial charge < -0.3 is 23.8 Å². The number of rotatable bonds is 11. The van der Waals surface area contributed by atoms with Crippen molar-refractivity contribution in [1.29, 1.82) is 0 Å². The molecule has 0 N–H and O–H groups in total. The summed E-state index contributed by atoms with van der Waals surface area (Å²) in [4.78, 5) is 26.5. The average molecular weight is 413 g/mol. The Hall–Kier alpha value is -3.22. The van der Waals surface area contributed by atoms with Crippen molar-refractivity contribution in [3.8, 4) is 17.2 Å². The summed E-state index contributed by atoms with van der Waals surface area (Å²) in [5, 5.41) is 0. The second kappa shape index (κ2) is 10.5. The summed E-state index contributed by atoms with van der Waals surface area (Å²) in [5.74, 6) is 0.971. The minimum Gasteiger partial charge on any atom is -0.497 e. The van der Waals surface area contributed by atoms with E-state index in [0.717, 1.165) is 24.2 Å². The molecule has 2 aromatic rings. The molecule has 0 atom stereocenters. The maximum Gasteiger partial charge on any atom is 0.344 e. The van der Waals surface area contributed by atoms with E-state index in [1.165, 1.54) is 0 Å². The topological polar surface area (TPSA) is 74.3 Å². The number of hydrogen-bond donors (Lipinski definition) is 0. The Bertz CT molecular complexity index is 847. The molecule has 1 fully saturated rings. The van der Waals surface area contributed by atoms with Crippen LogP contribution in [-0.2, 0) is 20.9 Å². The van der Waals surface area contributed by atoms with Crippen molar-refractivity contribution in [2.75, 3.05) is 26.9 Å². The van der Waals surface area contributed by atoms with Crippen LogP contribution < -0.4 is 14.2 Å². The molecule has 7 nitrogen and oxygen atoms in total. The number of para-hydroxylation sites is 2. The predicted octanol–water partition coefficient (Wildman–Crippen LogP) is 3.21. The number of esters is 1. The van der Waals surface area contributed by atoms with E-state index in [9.17, 15) is 9.59 Å². The predicted molar refractivity (Wildman–Crippen MR) is 111 cm³/mol. The van der Waals surface area contributed by atoms with E-state index in [2.05, 4.69) is 0 Å². The fourth-order valence-corrected chi connectivity index (χ4v) is 2.98. The van der Waals surface area contributed by atoms with Crippen LogP contribution in [-0.4, -0.2) is 49.7 Å². The Labute approximate surface area is 176 Å². The highest BCUT2D eigenvalue weighted by Crippen LogP contribution is 2.29. The third kappa shape index (κ3) is 6.14. The smallest absolute Gasteiger partial charge is 0.344 e. The van der Waals surface area contributed by atoms with Crippen LogP contribution in [0.25, 0.3) is 0 Å². The Morgan fingerprint density at radius 2 is 1.63 bits per heavy atom. The van der Waals surface area contributed by atoms with Crippen molar-refractivity contribution in [3.63, 3.8) is 0 Å². The van der Waals surface area contributed by atoms with Gasteiger partial charge in [-0.05, 0) is 49.6 Å². The molecule has 0 radical (unpaired) electrons. The van der Waals surface area contributed by atoms with E-state index >= 15 is 0 Å². The highest BCUT2D eigenvalue weighted by atomic mass is 16.6. The van der Waals surface area contributed by atoms with E-state index in [0.29, 0.717) is 24.7 Å². The minimum absolute atomic E-state index is 0.202. The first kappa shape index (κ1) is 21.5. The number of methoxy groups -OCH3 is 1. The van der Waals surface area contributed by atoms with Gasteiger partial charge in [-0.1, -0.05) is 24.3 Å². The van der Waals surface area contributed by atoms with Gasteiger partial charge in [0.2, 0.25) is 0 Å². The van der Waals surface area contributed by atoms with Gasteiger partial charge in [0.1, 0.15) is 5.75 Å². The maximum atomic E-state index is 12.6. The maximum absolute atomic E-state index is 12.6. The van der Waals surface area contributed by atoms with Gasteiger partial charge >= 0.3 is 5.97 Å². The number of ether oxygens (including phenoxy) is 4. The summed E-state index contributed by atoms with van der Waals surface area (Å²) in [5.41, 5.74) is 0.998. The van der Waals surface area contributed by atoms with Crippen LogP contribution in [0.1, 0.15) is 25.3 Å². The quantitative estimate of drug-likeness (QED) is 0.527. The van der Waals surface area contributed by atoms with Crippen LogP contribution in [0.2, 0.25) is 0 Å². The Morgan fingerprint density at radius 1 is 0.967 bits per heavy atom. The van der Waals surface area contributed by atoms with Gasteiger partial charge in [0.05, 0.1) is 13.7 Å². The lowest BCUT2D eigenvalue weighted by atomic mass is 10.2. The molecule has 0 unspecified atom stereocenters. The second-order valence-corrected chi connectivity index (χ2v) is 6.93. The summed E-state index contributed by atoms with van der Waals surface area (Å²) >= 11 is 0. The molecule has 0 heterocycles. The number of benzene rings is 2. The first-order valence-electron chi connectivity index (χ1n) is 10.0. The summed E-state index contributed by atoms with van der Waals surface area (Å²) in [7, 11) is 1.61. The van der Waals surface area contributed by atoms with Crippen LogP contribution >= 0.6 is 0 Å². The van der Waals surface area contributed by atoms with E-state index in [-0.39, 0.29) is 25.2 Å². The highest BCUT2D eigenvalue weighted by molar-refractivity contribution is 5.81. The molecule has 30 heavy (non-hydrogen) atoms. The lowest BCUT2D eigenvalue weighted by Gasteiger charge is -2.22. The normalized spacial score (nSPS) is 12.7. The fraction of sp³-hybridized carbons (Fsp3) is 0.391. The van der Waals surface area contributed by atoms with Crippen molar-refractivity contribution in [2.24, 2.45) is 0 Å². The molecule has 0 aliphatic heterocycles. The molecule has 0 spiro atoms. The average Bonchev–Trinajstić information content (AvgIpc) is 3.61. The largest absolute Gasteiger partial charge is 0.497 e. The first-order chi connectivity index (χ1) is 14.6. The number of nitrogens with zero attached hydrogens (tertiary/aromatic N) is 1. The molecule has 0 saturated heterocycles. The lowest BCUT2D eigenvalue weighted by Crippen LogP contribution is -2.36. The van der Waals surface area contributed by atoms with Crippen LogP contribution in [0, 0.1) is 0 Å². The van der Waals surface area contributed by atoms with Gasteiger partial charge in [-0.3, -0.25) is 4.79 Å². The van der Waals surface area contributed by atoms with Gasteiger partial charge in [-0.25, -0.2) is 4.79 Å². The van der Waals surface area contributed by atoms with E-state index in [1.54, 1.807) is 30.2 Å². The number of hydrogen-bond acceptors (Lipinski definition) is 6. The number of carbonyl (C=O) groups excluding carboxylic acids is 2. The van der Waals surface area contributed by atoms with Gasteiger partial charge in [0, 0.05) is 12.6 Å². The van der Waals surface area contributed by atoms with Crippen LogP contribution in [0.3, 0.4) is 0 Å². The molecule has 1 saturated carbocycles. The van der Waals surface area contributed by atoms with E-state index in [4.69, 9.17) is 18.9 Å². The standard InChI is InChI=1S/C23H27NO6/c1-3-28-20-6-4-5-7-21(20)29-16-23(26)30-15-22(25)24(18-10-11-18)14-17-8-12-19(27-2)13-9-17/h4-9,12-13,18H,3,10-11,14-16H2,1-2H3. The fourth-order valence-electron chi connectivity index (χ4n) is 2.98. The third-order valence-electron chi connectivity index (χ3n) is 4.67. The van der Waals surface area contributed by atoms with E-state index in [1.807, 2.05) is 37.3 Å². The van der Waals surface area contributed by atoms with Crippen molar-refractivity contribution >= 4 is 11.9 Å². The zero-order valence-electron chi connectivity index (χ0n) is 17.3. The van der Waals surface area contributed by atoms with Gasteiger partial charge in [0.25, 0.3) is 5.91 Å². The van der Waals surface area contributed by atoms with Crippen molar-refractivity contribution in [3.05, 3.63) is 54.1 Å². The minimum atomic E-state index is -0.602. The van der Waals surface area contributed by atoms with Crippen molar-refractivity contribution < 1.29 is 28.5 Å². The molecule has 1 aliphatic rings. The van der Waals surface area contributed by atoms with Crippen LogP contribution in [0.4, 0.5) is 0 Å². The number of amides is 1. The molecule has 1 amide bonds. The molecule has 0 bridgehead atoms. The molecule has 1 aliphatic carbocycles. The number of carbonyl (C=O) groups is 2. The molecule has 2 aromatic carbocycles. The van der Waals surface area contributed by atoms with Crippen LogP contribution in [0.15, 0.2) is 48.5 Å². The molecule has 7 heteroatoms. The monoisotopic (exact) mass is 413 g/mol. The summed E-state index contributed by atoms with van der Waals surface area (Å²) in [6.45, 7) is 2.24. The lowest BCUT2D eigenvalue weighted by molar-refractivity contribution is -0.154. The molecule has 160 valence electrons. The van der Waals surface area contributed by atoms with Gasteiger partial charge in [-0.15, -0.1) is 0 Å². The van der Waals surface area contributed by atoms with Crippen molar-refractivity contribution in [1.82, 2.24) is 4.90 Å². The Morgan fingerprint density at radius 3 is 2.23 bits per heavy atom. The molecule has 0 aromatic heterocycles. The summed E-state index contributed by atoms with van der Waals surface area (Å²) < 4.78 is 21.2. The highest BCUT2D eigenvalue weighted by Gasteiger charge is 2.33. The second-order valence-electron chi connectivity index (χ2n) is 6.93. The SMILES string of the molecule is CCOc1ccccc1OCC(=O)OCC(=O)N(Cc1ccc(OC)cc1)C1CC1. The zero-order valence-corrected chi connectivity index (χ0v) is 17.3. The van der Waals surface area contributed by atoms with Gasteiger partial charge in [0.15, 0.2) is 24.7 Å². The molecular weight excluding hydrogens is 386 g/mol. The van der Waals surface area contributed by atoms with E-state index < -0.39 is 5.97 Å². The zero-order chi connectivity index (χ0) is 21.3. The Balaban J connectivity index is 1.48. The third-order valence-corrected chi connectivity index (χ3v) is 4.67. The van der Waals surface area contributed by atoms with Crippen molar-refractivity contribution in [2.45, 2.75) is 32.4 Å². The summed E-state index contributed by atoms with van der Waals surface area (Å²) in [6.07, 6.45) is 1.93. The molecular formula is C23H27NO6. The summed E-state index contributed by atoms with van der Waals surface area (Å²) in [6, 6.07) is 14.9. The van der Waals surface area contributed by atoms with Gasteiger partial charge in [-0.2, -0.15) is 0 Å².